The van der Waals surface area contributed by atoms with Gasteiger partial charge in [-0.1, -0.05) is 11.2 Å². The number of hydrogen-bond acceptors (Lipinski definition) is 5. The van der Waals surface area contributed by atoms with Crippen molar-refractivity contribution in [3.63, 3.8) is 0 Å². The van der Waals surface area contributed by atoms with Crippen LogP contribution in [-0.2, 0) is 17.6 Å². The van der Waals surface area contributed by atoms with Gasteiger partial charge in [0.15, 0.2) is 5.82 Å². The molecule has 1 N–H and O–H groups in total. The van der Waals surface area contributed by atoms with Crippen molar-refractivity contribution in [3.05, 3.63) is 65.6 Å². The summed E-state index contributed by atoms with van der Waals surface area (Å²) >= 11 is 0. The average Bonchev–Trinajstić information content (AvgIpc) is 3.08. The predicted octanol–water partition coefficient (Wildman–Crippen LogP) is 2.31. The van der Waals surface area contributed by atoms with Crippen molar-refractivity contribution in [1.29, 1.82) is 0 Å². The molecule has 3 aromatic rings. The van der Waals surface area contributed by atoms with E-state index in [2.05, 4.69) is 20.4 Å². The second-order valence-electron chi connectivity index (χ2n) is 5.24. The predicted molar refractivity (Wildman–Crippen MR) is 84.3 cm³/mol. The molecule has 0 bridgehead atoms. The first-order valence-electron chi connectivity index (χ1n) is 7.56. The van der Waals surface area contributed by atoms with Gasteiger partial charge in [0.05, 0.1) is 6.42 Å². The molecule has 2 aromatic heterocycles. The Morgan fingerprint density at radius 2 is 2.08 bits per heavy atom. The van der Waals surface area contributed by atoms with Crippen molar-refractivity contribution < 1.29 is 18.1 Å². The molecule has 0 aliphatic rings. The van der Waals surface area contributed by atoms with Crippen LogP contribution in [-0.4, -0.2) is 27.6 Å². The summed E-state index contributed by atoms with van der Waals surface area (Å²) in [6, 6.07) is 8.33. The van der Waals surface area contributed by atoms with Crippen LogP contribution in [0.25, 0.3) is 11.6 Å². The zero-order chi connectivity index (χ0) is 17.6. The van der Waals surface area contributed by atoms with Gasteiger partial charge in [0.25, 0.3) is 5.89 Å². The van der Waals surface area contributed by atoms with Gasteiger partial charge in [-0.15, -0.1) is 0 Å². The van der Waals surface area contributed by atoms with Crippen molar-refractivity contribution in [1.82, 2.24) is 20.4 Å². The fourth-order valence-electron chi connectivity index (χ4n) is 2.18. The molecule has 128 valence electrons. The number of aromatic nitrogens is 3. The first kappa shape index (κ1) is 16.7. The van der Waals surface area contributed by atoms with Crippen LogP contribution in [0.15, 0.2) is 47.1 Å². The lowest BCUT2D eigenvalue weighted by molar-refractivity contribution is -0.120. The van der Waals surface area contributed by atoms with Gasteiger partial charge in [-0.2, -0.15) is 4.98 Å². The topological polar surface area (TPSA) is 80.9 Å². The lowest BCUT2D eigenvalue weighted by Gasteiger charge is -2.05. The Morgan fingerprint density at radius 1 is 1.20 bits per heavy atom. The molecule has 3 rings (SSSR count). The normalized spacial score (nSPS) is 10.6. The van der Waals surface area contributed by atoms with Gasteiger partial charge in [-0.3, -0.25) is 9.78 Å². The minimum absolute atomic E-state index is 0.00880. The second-order valence-corrected chi connectivity index (χ2v) is 5.24. The number of pyridine rings is 1. The van der Waals surface area contributed by atoms with Crippen LogP contribution in [0.1, 0.15) is 11.4 Å². The molecule has 0 radical (unpaired) electrons. The van der Waals surface area contributed by atoms with E-state index in [0.29, 0.717) is 23.8 Å². The fourth-order valence-corrected chi connectivity index (χ4v) is 2.18. The molecular formula is C17H14F2N4O2. The summed E-state index contributed by atoms with van der Waals surface area (Å²) in [4.78, 5) is 20.1. The third kappa shape index (κ3) is 4.43. The second kappa shape index (κ2) is 7.61. The zero-order valence-electron chi connectivity index (χ0n) is 13.1. The van der Waals surface area contributed by atoms with Crippen molar-refractivity contribution in [2.75, 3.05) is 6.54 Å². The highest BCUT2D eigenvalue weighted by Crippen LogP contribution is 2.13. The van der Waals surface area contributed by atoms with Gasteiger partial charge in [-0.05, 0) is 30.3 Å². The summed E-state index contributed by atoms with van der Waals surface area (Å²) in [6.07, 6.45) is 1.72. The van der Waals surface area contributed by atoms with E-state index < -0.39 is 17.5 Å². The summed E-state index contributed by atoms with van der Waals surface area (Å²) < 4.78 is 31.7. The average molecular weight is 344 g/mol. The van der Waals surface area contributed by atoms with E-state index in [4.69, 9.17) is 4.52 Å². The summed E-state index contributed by atoms with van der Waals surface area (Å²) in [6.45, 7) is 0.247. The van der Waals surface area contributed by atoms with Crippen LogP contribution >= 0.6 is 0 Å². The van der Waals surface area contributed by atoms with Crippen LogP contribution in [0.4, 0.5) is 8.78 Å². The monoisotopic (exact) mass is 344 g/mol. The lowest BCUT2D eigenvalue weighted by Crippen LogP contribution is -2.27. The summed E-state index contributed by atoms with van der Waals surface area (Å²) in [5.74, 6) is -0.910. The van der Waals surface area contributed by atoms with Crippen molar-refractivity contribution >= 4 is 5.91 Å². The van der Waals surface area contributed by atoms with Crippen molar-refractivity contribution in [3.8, 4) is 11.6 Å². The quantitative estimate of drug-likeness (QED) is 0.742. The minimum Gasteiger partial charge on any atom is -0.355 e. The van der Waals surface area contributed by atoms with Crippen LogP contribution in [0.5, 0.6) is 0 Å². The first-order chi connectivity index (χ1) is 12.1. The molecule has 1 aromatic carbocycles. The number of carbonyl (C=O) groups excluding carboxylic acids is 1. The van der Waals surface area contributed by atoms with E-state index in [1.165, 1.54) is 0 Å². The molecule has 0 saturated carbocycles. The van der Waals surface area contributed by atoms with Gasteiger partial charge in [0.2, 0.25) is 5.91 Å². The molecule has 0 unspecified atom stereocenters. The highest BCUT2D eigenvalue weighted by Gasteiger charge is 2.11. The Balaban J connectivity index is 1.50. The third-order valence-corrected chi connectivity index (χ3v) is 3.38. The molecule has 6 nitrogen and oxygen atoms in total. The number of carbonyl (C=O) groups is 1. The molecule has 0 saturated heterocycles. The molecule has 8 heteroatoms. The molecule has 0 spiro atoms. The highest BCUT2D eigenvalue weighted by atomic mass is 19.1. The lowest BCUT2D eigenvalue weighted by atomic mass is 10.1. The molecule has 0 atom stereocenters. The minimum atomic E-state index is -0.616. The smallest absolute Gasteiger partial charge is 0.276 e. The van der Waals surface area contributed by atoms with Crippen molar-refractivity contribution in [2.45, 2.75) is 12.8 Å². The van der Waals surface area contributed by atoms with Crippen LogP contribution in [0.2, 0.25) is 0 Å². The number of rotatable bonds is 6. The van der Waals surface area contributed by atoms with E-state index in [1.54, 1.807) is 24.4 Å². The fraction of sp³-hybridized carbons (Fsp3) is 0.176. The van der Waals surface area contributed by atoms with Gasteiger partial charge < -0.3 is 9.84 Å². The number of nitrogens with zero attached hydrogens (tertiary/aromatic N) is 3. The molecule has 0 aliphatic carbocycles. The molecule has 2 heterocycles. The third-order valence-electron chi connectivity index (χ3n) is 3.38. The zero-order valence-corrected chi connectivity index (χ0v) is 13.1. The number of benzene rings is 1. The maximum Gasteiger partial charge on any atom is 0.276 e. The highest BCUT2D eigenvalue weighted by molar-refractivity contribution is 5.78. The van der Waals surface area contributed by atoms with Gasteiger partial charge in [0.1, 0.15) is 17.3 Å². The van der Waals surface area contributed by atoms with Gasteiger partial charge in [0, 0.05) is 24.7 Å². The van der Waals surface area contributed by atoms with E-state index >= 15 is 0 Å². The summed E-state index contributed by atoms with van der Waals surface area (Å²) in [5, 5.41) is 6.42. The Kier molecular flexibility index (Phi) is 5.08. The van der Waals surface area contributed by atoms with Gasteiger partial charge >= 0.3 is 0 Å². The van der Waals surface area contributed by atoms with Crippen LogP contribution < -0.4 is 5.32 Å². The Bertz CT molecular complexity index is 868. The number of hydrogen-bond donors (Lipinski definition) is 1. The van der Waals surface area contributed by atoms with E-state index in [9.17, 15) is 13.6 Å². The molecular weight excluding hydrogens is 330 g/mol. The van der Waals surface area contributed by atoms with E-state index in [0.717, 1.165) is 18.2 Å². The molecule has 0 aliphatic heterocycles. The van der Waals surface area contributed by atoms with E-state index in [1.807, 2.05) is 0 Å². The summed E-state index contributed by atoms with van der Waals surface area (Å²) in [5.41, 5.74) is 0.571. The number of amides is 1. The molecule has 0 fully saturated rings. The number of halogens is 2. The Hall–Kier alpha value is -3.16. The van der Waals surface area contributed by atoms with E-state index in [-0.39, 0.29) is 18.5 Å². The molecule has 1 amide bonds. The summed E-state index contributed by atoms with van der Waals surface area (Å²) in [7, 11) is 0. The standard InChI is InChI=1S/C17H14F2N4O2/c18-12-4-5-13(19)11(9-12)10-16(24)21-8-6-15-22-17(25-23-15)14-3-1-2-7-20-14/h1-5,7,9H,6,8,10H2,(H,21,24). The largest absolute Gasteiger partial charge is 0.355 e. The maximum atomic E-state index is 13.5. The Morgan fingerprint density at radius 3 is 2.88 bits per heavy atom. The number of nitrogens with one attached hydrogen (secondary N) is 1. The first-order valence-corrected chi connectivity index (χ1v) is 7.56. The van der Waals surface area contributed by atoms with Crippen molar-refractivity contribution in [2.24, 2.45) is 0 Å². The van der Waals surface area contributed by atoms with Crippen LogP contribution in [0, 0.1) is 11.6 Å². The maximum absolute atomic E-state index is 13.5. The van der Waals surface area contributed by atoms with Gasteiger partial charge in [-0.25, -0.2) is 8.78 Å². The Labute approximate surface area is 141 Å². The SMILES string of the molecule is O=C(Cc1cc(F)ccc1F)NCCc1noc(-c2ccccn2)n1. The van der Waals surface area contributed by atoms with Crippen LogP contribution in [0.3, 0.4) is 0 Å². The molecule has 25 heavy (non-hydrogen) atoms.